The second kappa shape index (κ2) is 6.10. The molecule has 0 heterocycles. The Hall–Kier alpha value is -0.746. The number of carbonyl (C=O) groups excluding carboxylic acids is 4. The summed E-state index contributed by atoms with van der Waals surface area (Å²) in [6.45, 7) is 2.51. The minimum absolute atomic E-state index is 0. The van der Waals surface area contributed by atoms with Crippen LogP contribution in [-0.4, -0.2) is 34.2 Å². The van der Waals surface area contributed by atoms with Crippen LogP contribution in [0, 0.1) is 5.41 Å². The molecule has 1 N–H and O–H groups in total. The molecule has 0 aliphatic rings. The Morgan fingerprint density at radius 1 is 0.812 bits per heavy atom. The number of carboxylic acids is 1. The molecule has 6 nitrogen and oxygen atoms in total. The van der Waals surface area contributed by atoms with E-state index in [1.807, 2.05) is 0 Å². The third kappa shape index (κ3) is 2.68. The fourth-order valence-electron chi connectivity index (χ4n) is 1.38. The first-order valence-corrected chi connectivity index (χ1v) is 3.99. The molecule has 0 aromatic heterocycles. The summed E-state index contributed by atoms with van der Waals surface area (Å²) in [6, 6.07) is 0. The summed E-state index contributed by atoms with van der Waals surface area (Å²) in [6.07, 6.45) is 0. The number of aliphatic carboxylic acids is 1. The monoisotopic (exact) mass is 303 g/mol. The van der Waals surface area contributed by atoms with Crippen molar-refractivity contribution in [3.63, 3.8) is 0 Å². The smallest absolute Gasteiger partial charge is 0.374 e. The van der Waals surface area contributed by atoms with Gasteiger partial charge in [0.25, 0.3) is 5.78 Å². The zero-order valence-corrected chi connectivity index (χ0v) is 11.9. The van der Waals surface area contributed by atoms with E-state index in [4.69, 9.17) is 5.11 Å². The molecule has 0 fully saturated rings. The average molecular weight is 303 g/mol. The van der Waals surface area contributed by atoms with Gasteiger partial charge in [-0.3, -0.25) is 19.2 Å². The molecule has 0 bridgehead atoms. The fraction of sp³-hybridized carbons (Fsp3) is 0.444. The van der Waals surface area contributed by atoms with E-state index in [2.05, 4.69) is 0 Å². The third-order valence-corrected chi connectivity index (χ3v) is 2.12. The molecule has 0 aliphatic heterocycles. The molecule has 7 heteroatoms. The maximum Gasteiger partial charge on any atom is 0.374 e. The largest absolute Gasteiger partial charge is 0.475 e. The Kier molecular flexibility index (Phi) is 6.73. The van der Waals surface area contributed by atoms with Crippen molar-refractivity contribution in [3.8, 4) is 0 Å². The normalized spacial score (nSPS) is 9.94. The standard InChI is InChI=1S/C9H10O6.Y/c1-4(10)9(5(2)11,6(3)12)7(13)8(14)15;/h1-3H3,(H,14,15);. The first-order valence-electron chi connectivity index (χ1n) is 3.99. The quantitative estimate of drug-likeness (QED) is 0.536. The number of carbonyl (C=O) groups is 5. The zero-order chi connectivity index (χ0) is 12.4. The summed E-state index contributed by atoms with van der Waals surface area (Å²) < 4.78 is 0. The molecule has 1 radical (unpaired) electrons. The van der Waals surface area contributed by atoms with Gasteiger partial charge in [-0.1, -0.05) is 0 Å². The maximum atomic E-state index is 11.2. The van der Waals surface area contributed by atoms with Crippen LogP contribution in [0.2, 0.25) is 0 Å². The Morgan fingerprint density at radius 2 is 1.06 bits per heavy atom. The summed E-state index contributed by atoms with van der Waals surface area (Å²) >= 11 is 0. The van der Waals surface area contributed by atoms with Crippen LogP contribution < -0.4 is 0 Å². The first-order chi connectivity index (χ1) is 6.68. The second-order valence-corrected chi connectivity index (χ2v) is 3.05. The van der Waals surface area contributed by atoms with Crippen LogP contribution in [-0.2, 0) is 56.7 Å². The van der Waals surface area contributed by atoms with Crippen LogP contribution in [0.5, 0.6) is 0 Å². The zero-order valence-electron chi connectivity index (χ0n) is 9.07. The summed E-state index contributed by atoms with van der Waals surface area (Å²) in [5.74, 6) is -6.90. The van der Waals surface area contributed by atoms with Crippen molar-refractivity contribution < 1.29 is 61.8 Å². The van der Waals surface area contributed by atoms with E-state index in [1.54, 1.807) is 0 Å². The van der Waals surface area contributed by atoms with Crippen molar-refractivity contribution in [1.29, 1.82) is 0 Å². The molecule has 0 aromatic rings. The molecule has 16 heavy (non-hydrogen) atoms. The van der Waals surface area contributed by atoms with Crippen LogP contribution in [0.25, 0.3) is 0 Å². The molecule has 0 aromatic carbocycles. The van der Waals surface area contributed by atoms with Crippen LogP contribution in [0.4, 0.5) is 0 Å². The predicted molar refractivity (Wildman–Crippen MR) is 47.1 cm³/mol. The molecule has 0 saturated carbocycles. The van der Waals surface area contributed by atoms with Gasteiger partial charge < -0.3 is 5.11 Å². The average Bonchev–Trinajstić information content (AvgIpc) is 2.02. The van der Waals surface area contributed by atoms with Gasteiger partial charge in [-0.05, 0) is 20.8 Å². The second-order valence-electron chi connectivity index (χ2n) is 3.05. The Labute approximate surface area is 117 Å². The van der Waals surface area contributed by atoms with Gasteiger partial charge in [0.05, 0.1) is 0 Å². The van der Waals surface area contributed by atoms with Gasteiger partial charge in [-0.2, -0.15) is 0 Å². The maximum absolute atomic E-state index is 11.2. The molecule has 0 aliphatic carbocycles. The number of ketones is 4. The van der Waals surface area contributed by atoms with E-state index in [0.717, 1.165) is 20.8 Å². The Bertz CT molecular complexity index is 334. The van der Waals surface area contributed by atoms with Crippen molar-refractivity contribution in [2.45, 2.75) is 20.8 Å². The van der Waals surface area contributed by atoms with E-state index < -0.39 is 34.5 Å². The fourth-order valence-corrected chi connectivity index (χ4v) is 1.38. The minimum Gasteiger partial charge on any atom is -0.475 e. The Morgan fingerprint density at radius 3 is 1.12 bits per heavy atom. The van der Waals surface area contributed by atoms with E-state index in [9.17, 15) is 24.0 Å². The number of hydrogen-bond donors (Lipinski definition) is 1. The molecular weight excluding hydrogens is 293 g/mol. The van der Waals surface area contributed by atoms with E-state index in [1.165, 1.54) is 0 Å². The van der Waals surface area contributed by atoms with Gasteiger partial charge in [0.15, 0.2) is 17.3 Å². The minimum atomic E-state index is -2.67. The number of rotatable bonds is 5. The third-order valence-electron chi connectivity index (χ3n) is 2.12. The van der Waals surface area contributed by atoms with Crippen molar-refractivity contribution in [2.75, 3.05) is 0 Å². The van der Waals surface area contributed by atoms with Gasteiger partial charge >= 0.3 is 5.97 Å². The first kappa shape index (κ1) is 17.6. The summed E-state index contributed by atoms with van der Waals surface area (Å²) in [5, 5.41) is 8.46. The van der Waals surface area contributed by atoms with Crippen LogP contribution >= 0.6 is 0 Å². The van der Waals surface area contributed by atoms with Gasteiger partial charge in [0, 0.05) is 32.7 Å². The topological polar surface area (TPSA) is 106 Å². The van der Waals surface area contributed by atoms with E-state index in [-0.39, 0.29) is 32.7 Å². The van der Waals surface area contributed by atoms with Crippen LogP contribution in [0.15, 0.2) is 0 Å². The number of Topliss-reactive ketones (excluding diaryl/α,β-unsaturated/α-hetero) is 4. The van der Waals surface area contributed by atoms with Crippen molar-refractivity contribution in [2.24, 2.45) is 5.41 Å². The summed E-state index contributed by atoms with van der Waals surface area (Å²) in [7, 11) is 0. The van der Waals surface area contributed by atoms with Gasteiger partial charge in [-0.25, -0.2) is 4.79 Å². The number of hydrogen-bond acceptors (Lipinski definition) is 5. The SMILES string of the molecule is CC(=O)C(C(C)=O)(C(C)=O)C(=O)C(=O)O.[Y]. The molecule has 0 spiro atoms. The summed E-state index contributed by atoms with van der Waals surface area (Å²) in [4.78, 5) is 55.2. The van der Waals surface area contributed by atoms with Gasteiger partial charge in [-0.15, -0.1) is 0 Å². The molecule has 0 atom stereocenters. The van der Waals surface area contributed by atoms with E-state index >= 15 is 0 Å². The molecule has 0 saturated heterocycles. The van der Waals surface area contributed by atoms with Gasteiger partial charge in [0.1, 0.15) is 0 Å². The van der Waals surface area contributed by atoms with Crippen LogP contribution in [0.1, 0.15) is 20.8 Å². The van der Waals surface area contributed by atoms with E-state index in [0.29, 0.717) is 0 Å². The van der Waals surface area contributed by atoms with Crippen LogP contribution in [0.3, 0.4) is 0 Å². The summed E-state index contributed by atoms with van der Waals surface area (Å²) in [5.41, 5.74) is -2.67. The molecular formula is C9H10O6Y. The van der Waals surface area contributed by atoms with Crippen molar-refractivity contribution in [1.82, 2.24) is 0 Å². The van der Waals surface area contributed by atoms with Crippen molar-refractivity contribution in [3.05, 3.63) is 0 Å². The van der Waals surface area contributed by atoms with Crippen molar-refractivity contribution >= 4 is 29.1 Å². The molecule has 0 rings (SSSR count). The molecule has 0 amide bonds. The molecule has 85 valence electrons. The molecule has 0 unspecified atom stereocenters. The van der Waals surface area contributed by atoms with Gasteiger partial charge in [0.2, 0.25) is 5.41 Å². The number of carboxylic acid groups (broad SMARTS) is 1. The predicted octanol–water partition coefficient (Wildman–Crippen LogP) is -0.609. The Balaban J connectivity index is 0.